The van der Waals surface area contributed by atoms with Crippen LogP contribution in [0, 0.1) is 5.92 Å². The zero-order chi connectivity index (χ0) is 10.8. The van der Waals surface area contributed by atoms with Gasteiger partial charge in [-0.25, -0.2) is 13.2 Å². The molecular formula is C7H11NO5S. The molecule has 0 radical (unpaired) electrons. The molecule has 7 heteroatoms. The predicted octanol–water partition coefficient (Wildman–Crippen LogP) is -1.38. The number of hydrogen-bond acceptors (Lipinski definition) is 4. The van der Waals surface area contributed by atoms with Crippen molar-refractivity contribution in [1.29, 1.82) is 0 Å². The van der Waals surface area contributed by atoms with Crippen LogP contribution in [-0.2, 0) is 19.4 Å². The van der Waals surface area contributed by atoms with Crippen LogP contribution in [0.15, 0.2) is 0 Å². The number of carbonyl (C=O) groups excluding carboxylic acids is 1. The Bertz CT molecular complexity index is 335. The smallest absolute Gasteiger partial charge is 0.394 e. The van der Waals surface area contributed by atoms with Gasteiger partial charge in [-0.05, 0) is 12.3 Å². The fourth-order valence-electron chi connectivity index (χ4n) is 1.30. The highest BCUT2D eigenvalue weighted by molar-refractivity contribution is 7.92. The molecule has 1 saturated heterocycles. The van der Waals surface area contributed by atoms with Gasteiger partial charge in [0.15, 0.2) is 9.84 Å². The quantitative estimate of drug-likeness (QED) is 0.572. The van der Waals surface area contributed by atoms with Crippen molar-refractivity contribution >= 4 is 21.7 Å². The molecule has 0 unspecified atom stereocenters. The summed E-state index contributed by atoms with van der Waals surface area (Å²) in [7, 11) is -2.83. The molecule has 80 valence electrons. The lowest BCUT2D eigenvalue weighted by molar-refractivity contribution is -0.150. The van der Waals surface area contributed by atoms with Crippen LogP contribution in [0.1, 0.15) is 6.42 Å². The maximum Gasteiger partial charge on any atom is 0.394 e. The highest BCUT2D eigenvalue weighted by Gasteiger charge is 2.32. The van der Waals surface area contributed by atoms with Crippen molar-refractivity contribution in [2.24, 2.45) is 5.92 Å². The molecule has 0 spiro atoms. The third kappa shape index (κ3) is 2.99. The molecule has 0 atom stereocenters. The van der Waals surface area contributed by atoms with E-state index < -0.39 is 21.7 Å². The van der Waals surface area contributed by atoms with Gasteiger partial charge in [0.2, 0.25) is 0 Å². The first-order valence-electron chi connectivity index (χ1n) is 4.12. The van der Waals surface area contributed by atoms with Gasteiger partial charge in [0.1, 0.15) is 0 Å². The largest absolute Gasteiger partial charge is 0.474 e. The summed E-state index contributed by atoms with van der Waals surface area (Å²) in [6, 6.07) is 0. The lowest BCUT2D eigenvalue weighted by atomic mass is 10.1. The molecule has 6 nitrogen and oxygen atoms in total. The van der Waals surface area contributed by atoms with Crippen LogP contribution in [0.3, 0.4) is 0 Å². The Morgan fingerprint density at radius 3 is 2.36 bits per heavy atom. The van der Waals surface area contributed by atoms with E-state index in [1.807, 2.05) is 0 Å². The molecule has 0 aromatic heterocycles. The average molecular weight is 221 g/mol. The summed E-state index contributed by atoms with van der Waals surface area (Å²) in [5.74, 6) is -2.21. The van der Waals surface area contributed by atoms with Crippen LogP contribution in [-0.4, -0.2) is 43.5 Å². The third-order valence-electron chi connectivity index (χ3n) is 2.01. The molecule has 0 aliphatic carbocycles. The number of aliphatic carboxylic acids is 1. The molecule has 1 fully saturated rings. The molecule has 14 heavy (non-hydrogen) atoms. The molecule has 1 rings (SSSR count). The van der Waals surface area contributed by atoms with Gasteiger partial charge in [-0.15, -0.1) is 0 Å². The number of carboxylic acid groups (broad SMARTS) is 1. The monoisotopic (exact) mass is 221 g/mol. The average Bonchev–Trinajstić information content (AvgIpc) is 2.00. The molecule has 0 bridgehead atoms. The van der Waals surface area contributed by atoms with Gasteiger partial charge in [0.05, 0.1) is 11.5 Å². The Labute approximate surface area is 81.2 Å². The number of sulfone groups is 1. The lowest BCUT2D eigenvalue weighted by Crippen LogP contribution is -2.39. The predicted molar refractivity (Wildman–Crippen MR) is 47.4 cm³/mol. The molecule has 0 saturated carbocycles. The van der Waals surface area contributed by atoms with E-state index in [0.717, 1.165) is 0 Å². The molecule has 1 aliphatic heterocycles. The van der Waals surface area contributed by atoms with Crippen molar-refractivity contribution in [3.05, 3.63) is 0 Å². The maximum absolute atomic E-state index is 10.7. The second-order valence-corrected chi connectivity index (χ2v) is 5.45. The zero-order valence-corrected chi connectivity index (χ0v) is 8.21. The van der Waals surface area contributed by atoms with E-state index in [-0.39, 0.29) is 24.0 Å². The van der Waals surface area contributed by atoms with Gasteiger partial charge in [-0.2, -0.15) is 0 Å². The van der Waals surface area contributed by atoms with Crippen LogP contribution < -0.4 is 5.32 Å². The van der Waals surface area contributed by atoms with Gasteiger partial charge < -0.3 is 10.4 Å². The van der Waals surface area contributed by atoms with E-state index in [2.05, 4.69) is 5.32 Å². The van der Waals surface area contributed by atoms with Gasteiger partial charge in [0, 0.05) is 6.54 Å². The summed E-state index contributed by atoms with van der Waals surface area (Å²) < 4.78 is 21.4. The van der Waals surface area contributed by atoms with Crippen molar-refractivity contribution in [2.75, 3.05) is 18.1 Å². The van der Waals surface area contributed by atoms with E-state index in [9.17, 15) is 18.0 Å². The van der Waals surface area contributed by atoms with Crippen molar-refractivity contribution < 1.29 is 23.1 Å². The third-order valence-corrected chi connectivity index (χ3v) is 3.97. The van der Waals surface area contributed by atoms with Crippen LogP contribution in [0.2, 0.25) is 0 Å². The number of nitrogens with one attached hydrogen (secondary N) is 1. The Hall–Kier alpha value is -1.11. The molecule has 1 aliphatic rings. The van der Waals surface area contributed by atoms with Crippen LogP contribution >= 0.6 is 0 Å². The first kappa shape index (κ1) is 11.0. The van der Waals surface area contributed by atoms with Crippen molar-refractivity contribution in [1.82, 2.24) is 5.32 Å². The molecule has 2 N–H and O–H groups in total. The first-order valence-corrected chi connectivity index (χ1v) is 5.94. The fraction of sp³-hybridized carbons (Fsp3) is 0.714. The summed E-state index contributed by atoms with van der Waals surface area (Å²) in [6.07, 6.45) is 0.512. The highest BCUT2D eigenvalue weighted by atomic mass is 32.2. The summed E-state index contributed by atoms with van der Waals surface area (Å²) in [4.78, 5) is 20.6. The van der Waals surface area contributed by atoms with E-state index in [4.69, 9.17) is 5.11 Å². The number of carbonyl (C=O) groups is 2. The SMILES string of the molecule is O=C(O)C(=O)NCCC1CS(=O)(=O)C1. The summed E-state index contributed by atoms with van der Waals surface area (Å²) in [6.45, 7) is 0.214. The van der Waals surface area contributed by atoms with Crippen molar-refractivity contribution in [3.8, 4) is 0 Å². The van der Waals surface area contributed by atoms with Crippen LogP contribution in [0.25, 0.3) is 0 Å². The Morgan fingerprint density at radius 2 is 1.93 bits per heavy atom. The second kappa shape index (κ2) is 3.95. The van der Waals surface area contributed by atoms with Gasteiger partial charge in [-0.1, -0.05) is 0 Å². The minimum absolute atomic E-state index is 0.0640. The number of hydrogen-bond donors (Lipinski definition) is 2. The second-order valence-electron chi connectivity index (χ2n) is 3.29. The zero-order valence-electron chi connectivity index (χ0n) is 7.39. The summed E-state index contributed by atoms with van der Waals surface area (Å²) >= 11 is 0. The normalized spacial score (nSPS) is 19.7. The summed E-state index contributed by atoms with van der Waals surface area (Å²) in [5.41, 5.74) is 0. The minimum Gasteiger partial charge on any atom is -0.474 e. The van der Waals surface area contributed by atoms with E-state index in [1.165, 1.54) is 0 Å². The fourth-order valence-corrected chi connectivity index (χ4v) is 2.97. The summed E-state index contributed by atoms with van der Waals surface area (Å²) in [5, 5.41) is 10.4. The van der Waals surface area contributed by atoms with E-state index >= 15 is 0 Å². The highest BCUT2D eigenvalue weighted by Crippen LogP contribution is 2.20. The number of carboxylic acids is 1. The van der Waals surface area contributed by atoms with E-state index in [0.29, 0.717) is 6.42 Å². The molecular weight excluding hydrogens is 210 g/mol. The van der Waals surface area contributed by atoms with Crippen molar-refractivity contribution in [3.63, 3.8) is 0 Å². The number of rotatable bonds is 3. The Kier molecular flexibility index (Phi) is 3.10. The minimum atomic E-state index is -2.83. The molecule has 1 heterocycles. The van der Waals surface area contributed by atoms with Crippen LogP contribution in [0.4, 0.5) is 0 Å². The molecule has 0 aromatic carbocycles. The Morgan fingerprint density at radius 1 is 1.36 bits per heavy atom. The van der Waals surface area contributed by atoms with Gasteiger partial charge in [-0.3, -0.25) is 4.79 Å². The number of amides is 1. The lowest BCUT2D eigenvalue weighted by Gasteiger charge is -2.25. The standard InChI is InChI=1S/C7H11NO5S/c9-6(7(10)11)8-2-1-5-3-14(12,13)4-5/h5H,1-4H2,(H,8,9)(H,10,11). The van der Waals surface area contributed by atoms with Crippen LogP contribution in [0.5, 0.6) is 0 Å². The first-order chi connectivity index (χ1) is 6.41. The Balaban J connectivity index is 2.12. The molecule has 1 amide bonds. The topological polar surface area (TPSA) is 101 Å². The molecule has 0 aromatic rings. The maximum atomic E-state index is 10.7. The van der Waals surface area contributed by atoms with Gasteiger partial charge >= 0.3 is 11.9 Å². The van der Waals surface area contributed by atoms with E-state index in [1.54, 1.807) is 0 Å². The van der Waals surface area contributed by atoms with Gasteiger partial charge in [0.25, 0.3) is 0 Å². The van der Waals surface area contributed by atoms with Crippen molar-refractivity contribution in [2.45, 2.75) is 6.42 Å².